The van der Waals surface area contributed by atoms with Crippen LogP contribution in [0.4, 0.5) is 0 Å². The highest BCUT2D eigenvalue weighted by Crippen LogP contribution is 2.37. The van der Waals surface area contributed by atoms with E-state index in [1.165, 1.54) is 12.8 Å². The normalized spacial score (nSPS) is 14.1. The van der Waals surface area contributed by atoms with Crippen molar-refractivity contribution in [1.29, 1.82) is 0 Å². The Balaban J connectivity index is 1.88. The number of aromatic nitrogens is 2. The number of hydrogen-bond donors (Lipinski definition) is 0. The molecule has 0 aliphatic heterocycles. The summed E-state index contributed by atoms with van der Waals surface area (Å²) in [4.78, 5) is 17.5. The molecule has 1 aromatic heterocycles. The van der Waals surface area contributed by atoms with E-state index in [9.17, 15) is 0 Å². The molecule has 0 aromatic carbocycles. The van der Waals surface area contributed by atoms with E-state index < -0.39 is 0 Å². The summed E-state index contributed by atoms with van der Waals surface area (Å²) < 4.78 is 0. The van der Waals surface area contributed by atoms with Crippen LogP contribution < -0.4 is 0 Å². The number of nitrogens with zero attached hydrogens (tertiary/aromatic N) is 5. The Bertz CT molecular complexity index is 422. The maximum absolute atomic E-state index is 4.60. The summed E-state index contributed by atoms with van der Waals surface area (Å²) in [6.45, 7) is 0.762. The largest absolute Gasteiger partial charge is 0.349 e. The molecule has 0 bridgehead atoms. The van der Waals surface area contributed by atoms with Crippen LogP contribution in [0.3, 0.4) is 0 Å². The predicted octanol–water partition coefficient (Wildman–Crippen LogP) is 1.38. The molecule has 0 saturated heterocycles. The molecule has 19 heavy (non-hydrogen) atoms. The molecule has 1 aliphatic carbocycles. The zero-order valence-corrected chi connectivity index (χ0v) is 12.3. The van der Waals surface area contributed by atoms with Gasteiger partial charge in [-0.1, -0.05) is 0 Å². The lowest BCUT2D eigenvalue weighted by molar-refractivity contribution is 0.479. The van der Waals surface area contributed by atoms with E-state index in [1.807, 2.05) is 50.4 Å². The molecule has 0 N–H and O–H groups in total. The van der Waals surface area contributed by atoms with Gasteiger partial charge in [-0.3, -0.25) is 4.99 Å². The Morgan fingerprint density at radius 3 is 2.21 bits per heavy atom. The molecule has 2 rings (SSSR count). The standard InChI is InChI=1S/C14H23N5/c1-18(2)14(19(3)4)15-8-7-11-9-16-13(17-10-11)12-5-6-12/h9-10,12H,5-8H2,1-4H3. The topological polar surface area (TPSA) is 44.6 Å². The second-order valence-corrected chi connectivity index (χ2v) is 5.44. The van der Waals surface area contributed by atoms with E-state index in [0.717, 1.165) is 30.3 Å². The Labute approximate surface area is 115 Å². The fraction of sp³-hybridized carbons (Fsp3) is 0.643. The van der Waals surface area contributed by atoms with Crippen molar-refractivity contribution in [3.63, 3.8) is 0 Å². The molecule has 1 aliphatic rings. The average molecular weight is 261 g/mol. The van der Waals surface area contributed by atoms with Gasteiger partial charge in [-0.2, -0.15) is 0 Å². The van der Waals surface area contributed by atoms with Crippen LogP contribution >= 0.6 is 0 Å². The van der Waals surface area contributed by atoms with Gasteiger partial charge in [0.15, 0.2) is 5.96 Å². The summed E-state index contributed by atoms with van der Waals surface area (Å²) in [6.07, 6.45) is 7.27. The summed E-state index contributed by atoms with van der Waals surface area (Å²) in [5.41, 5.74) is 1.16. The number of guanidine groups is 1. The van der Waals surface area contributed by atoms with Crippen molar-refractivity contribution in [2.75, 3.05) is 34.7 Å². The fourth-order valence-electron chi connectivity index (χ4n) is 2.01. The first-order valence-electron chi connectivity index (χ1n) is 6.78. The summed E-state index contributed by atoms with van der Waals surface area (Å²) in [6, 6.07) is 0. The van der Waals surface area contributed by atoms with Gasteiger partial charge in [0.05, 0.1) is 0 Å². The molecule has 0 amide bonds. The summed E-state index contributed by atoms with van der Waals surface area (Å²) in [7, 11) is 8.03. The second-order valence-electron chi connectivity index (χ2n) is 5.44. The number of aliphatic imine (C=N–C) groups is 1. The average Bonchev–Trinajstić information content (AvgIpc) is 3.18. The van der Waals surface area contributed by atoms with Crippen LogP contribution in [0.15, 0.2) is 17.4 Å². The van der Waals surface area contributed by atoms with Crippen LogP contribution in [0, 0.1) is 0 Å². The highest BCUT2D eigenvalue weighted by molar-refractivity contribution is 5.79. The van der Waals surface area contributed by atoms with Crippen molar-refractivity contribution in [3.8, 4) is 0 Å². The molecule has 104 valence electrons. The molecule has 0 atom stereocenters. The maximum atomic E-state index is 4.60. The van der Waals surface area contributed by atoms with Gasteiger partial charge in [0, 0.05) is 53.0 Å². The number of hydrogen-bond acceptors (Lipinski definition) is 3. The van der Waals surface area contributed by atoms with Crippen molar-refractivity contribution < 1.29 is 0 Å². The van der Waals surface area contributed by atoms with Crippen LogP contribution in [0.1, 0.15) is 30.1 Å². The molecule has 0 radical (unpaired) electrons. The van der Waals surface area contributed by atoms with E-state index in [0.29, 0.717) is 5.92 Å². The predicted molar refractivity (Wildman–Crippen MR) is 77.4 cm³/mol. The molecule has 0 spiro atoms. The zero-order valence-electron chi connectivity index (χ0n) is 12.3. The molecule has 5 nitrogen and oxygen atoms in total. The number of rotatable bonds is 4. The van der Waals surface area contributed by atoms with E-state index in [-0.39, 0.29) is 0 Å². The van der Waals surface area contributed by atoms with E-state index in [2.05, 4.69) is 15.0 Å². The molecule has 1 heterocycles. The van der Waals surface area contributed by atoms with Crippen LogP contribution in [-0.4, -0.2) is 60.5 Å². The van der Waals surface area contributed by atoms with E-state index in [4.69, 9.17) is 0 Å². The van der Waals surface area contributed by atoms with Gasteiger partial charge in [0.1, 0.15) is 5.82 Å². The SMILES string of the molecule is CN(C)C(=NCCc1cnc(C2CC2)nc1)N(C)C. The second kappa shape index (κ2) is 5.99. The van der Waals surface area contributed by atoms with E-state index in [1.54, 1.807) is 0 Å². The molecule has 1 saturated carbocycles. The Hall–Kier alpha value is -1.65. The fourth-order valence-corrected chi connectivity index (χ4v) is 2.01. The Morgan fingerprint density at radius 2 is 1.74 bits per heavy atom. The lowest BCUT2D eigenvalue weighted by atomic mass is 10.2. The summed E-state index contributed by atoms with van der Waals surface area (Å²) >= 11 is 0. The molecular formula is C14H23N5. The van der Waals surface area contributed by atoms with Gasteiger partial charge in [0.2, 0.25) is 0 Å². The van der Waals surface area contributed by atoms with Crippen molar-refractivity contribution >= 4 is 5.96 Å². The van der Waals surface area contributed by atoms with Crippen LogP contribution in [0.5, 0.6) is 0 Å². The van der Waals surface area contributed by atoms with Gasteiger partial charge in [-0.25, -0.2) is 9.97 Å². The van der Waals surface area contributed by atoms with Crippen LogP contribution in [-0.2, 0) is 6.42 Å². The maximum Gasteiger partial charge on any atom is 0.195 e. The summed E-state index contributed by atoms with van der Waals surface area (Å²) in [5, 5.41) is 0. The Morgan fingerprint density at radius 1 is 1.16 bits per heavy atom. The highest BCUT2D eigenvalue weighted by Gasteiger charge is 2.25. The van der Waals surface area contributed by atoms with Crippen LogP contribution in [0.2, 0.25) is 0 Å². The first-order valence-corrected chi connectivity index (χ1v) is 6.78. The molecule has 1 aromatic rings. The lowest BCUT2D eigenvalue weighted by Gasteiger charge is -2.22. The smallest absolute Gasteiger partial charge is 0.195 e. The minimum Gasteiger partial charge on any atom is -0.349 e. The van der Waals surface area contributed by atoms with Crippen molar-refractivity contribution in [2.45, 2.75) is 25.2 Å². The first-order chi connectivity index (χ1) is 9.08. The molecule has 0 unspecified atom stereocenters. The van der Waals surface area contributed by atoms with Gasteiger partial charge in [-0.05, 0) is 24.8 Å². The van der Waals surface area contributed by atoms with Gasteiger partial charge in [-0.15, -0.1) is 0 Å². The van der Waals surface area contributed by atoms with Crippen LogP contribution in [0.25, 0.3) is 0 Å². The quantitative estimate of drug-likeness (QED) is 0.606. The molecule has 1 fully saturated rings. The highest BCUT2D eigenvalue weighted by atomic mass is 15.3. The van der Waals surface area contributed by atoms with Gasteiger partial charge < -0.3 is 9.80 Å². The Kier molecular flexibility index (Phi) is 4.35. The summed E-state index contributed by atoms with van der Waals surface area (Å²) in [5.74, 6) is 2.62. The van der Waals surface area contributed by atoms with Gasteiger partial charge in [0.25, 0.3) is 0 Å². The molecule has 5 heteroatoms. The third-order valence-corrected chi connectivity index (χ3v) is 3.12. The van der Waals surface area contributed by atoms with Crippen molar-refractivity contribution in [1.82, 2.24) is 19.8 Å². The molecular weight excluding hydrogens is 238 g/mol. The zero-order chi connectivity index (χ0) is 13.8. The minimum absolute atomic E-state index is 0.626. The lowest BCUT2D eigenvalue weighted by Crippen LogP contribution is -2.35. The van der Waals surface area contributed by atoms with Crippen molar-refractivity contribution in [3.05, 3.63) is 23.8 Å². The van der Waals surface area contributed by atoms with Crippen molar-refractivity contribution in [2.24, 2.45) is 4.99 Å². The third-order valence-electron chi connectivity index (χ3n) is 3.12. The minimum atomic E-state index is 0.626. The van der Waals surface area contributed by atoms with E-state index >= 15 is 0 Å². The monoisotopic (exact) mass is 261 g/mol. The third kappa shape index (κ3) is 3.91. The van der Waals surface area contributed by atoms with Gasteiger partial charge >= 0.3 is 0 Å². The first kappa shape index (κ1) is 13.8.